The summed E-state index contributed by atoms with van der Waals surface area (Å²) < 4.78 is 0. The number of hydrogen-bond donors (Lipinski definition) is 2. The van der Waals surface area contributed by atoms with Crippen LogP contribution in [0.25, 0.3) is 0 Å². The van der Waals surface area contributed by atoms with Gasteiger partial charge in [-0.3, -0.25) is 24.1 Å². The van der Waals surface area contributed by atoms with Gasteiger partial charge in [-0.05, 0) is 43.9 Å². The standard InChI is InChI=1S/C20H23N3O4/c1-12-6-5-9-16(13(12)2)22-17(24)10-21-18(25)11-23-19(26)14-7-3-4-8-15(14)20(23)27/h3-6,9,14-15H,7-8,10-11H2,1-2H3,(H,21,25)(H,22,24)/t14-,15-/m1/s1. The molecule has 1 aliphatic heterocycles. The number of amides is 4. The van der Waals surface area contributed by atoms with Crippen molar-refractivity contribution in [2.24, 2.45) is 11.8 Å². The van der Waals surface area contributed by atoms with Crippen molar-refractivity contribution in [1.29, 1.82) is 0 Å². The first-order valence-corrected chi connectivity index (χ1v) is 9.01. The third kappa shape index (κ3) is 3.92. The van der Waals surface area contributed by atoms with Gasteiger partial charge in [0.1, 0.15) is 6.54 Å². The Hall–Kier alpha value is -2.96. The SMILES string of the molecule is Cc1cccc(NC(=O)CNC(=O)CN2C(=O)[C@@H]3CC=CC[C@H]3C2=O)c1C. The van der Waals surface area contributed by atoms with E-state index in [1.807, 2.05) is 38.1 Å². The molecule has 0 bridgehead atoms. The Morgan fingerprint density at radius 3 is 2.30 bits per heavy atom. The molecule has 142 valence electrons. The second-order valence-corrected chi connectivity index (χ2v) is 6.99. The molecule has 7 nitrogen and oxygen atoms in total. The summed E-state index contributed by atoms with van der Waals surface area (Å²) in [5.41, 5.74) is 2.70. The molecule has 0 spiro atoms. The summed E-state index contributed by atoms with van der Waals surface area (Å²) in [6.07, 6.45) is 4.86. The van der Waals surface area contributed by atoms with Crippen molar-refractivity contribution in [3.8, 4) is 0 Å². The second kappa shape index (κ2) is 7.73. The van der Waals surface area contributed by atoms with Gasteiger partial charge in [0.15, 0.2) is 0 Å². The van der Waals surface area contributed by atoms with Gasteiger partial charge in [-0.1, -0.05) is 24.3 Å². The Morgan fingerprint density at radius 2 is 1.67 bits per heavy atom. The molecule has 7 heteroatoms. The average molecular weight is 369 g/mol. The maximum Gasteiger partial charge on any atom is 0.243 e. The van der Waals surface area contributed by atoms with Gasteiger partial charge in [-0.15, -0.1) is 0 Å². The lowest BCUT2D eigenvalue weighted by Crippen LogP contribution is -2.43. The van der Waals surface area contributed by atoms with Crippen molar-refractivity contribution in [3.63, 3.8) is 0 Å². The number of fused-ring (bicyclic) bond motifs is 1. The van der Waals surface area contributed by atoms with Crippen LogP contribution in [0.2, 0.25) is 0 Å². The second-order valence-electron chi connectivity index (χ2n) is 6.99. The average Bonchev–Trinajstić information content (AvgIpc) is 2.89. The number of hydrogen-bond acceptors (Lipinski definition) is 4. The fourth-order valence-corrected chi connectivity index (χ4v) is 3.48. The van der Waals surface area contributed by atoms with Crippen LogP contribution in [0.5, 0.6) is 0 Å². The highest BCUT2D eigenvalue weighted by atomic mass is 16.2. The number of nitrogens with one attached hydrogen (secondary N) is 2. The van der Waals surface area contributed by atoms with Gasteiger partial charge in [-0.2, -0.15) is 0 Å². The number of carbonyl (C=O) groups excluding carboxylic acids is 4. The molecule has 0 aromatic heterocycles. The van der Waals surface area contributed by atoms with Crippen LogP contribution in [0, 0.1) is 25.7 Å². The monoisotopic (exact) mass is 369 g/mol. The first kappa shape index (κ1) is 18.8. The number of anilines is 1. The number of imide groups is 1. The van der Waals surface area contributed by atoms with Crippen LogP contribution in [0.4, 0.5) is 5.69 Å². The zero-order valence-electron chi connectivity index (χ0n) is 15.5. The number of rotatable bonds is 5. The van der Waals surface area contributed by atoms with Gasteiger partial charge >= 0.3 is 0 Å². The normalized spacial score (nSPS) is 21.2. The molecule has 1 fully saturated rings. The number of benzene rings is 1. The third-order valence-corrected chi connectivity index (χ3v) is 5.23. The molecule has 0 radical (unpaired) electrons. The topological polar surface area (TPSA) is 95.6 Å². The van der Waals surface area contributed by atoms with E-state index in [9.17, 15) is 19.2 Å². The number of allylic oxidation sites excluding steroid dienone is 2. The molecule has 2 aliphatic rings. The molecule has 1 aliphatic carbocycles. The molecule has 3 rings (SSSR count). The highest BCUT2D eigenvalue weighted by molar-refractivity contribution is 6.07. The summed E-state index contributed by atoms with van der Waals surface area (Å²) in [6.45, 7) is 3.28. The molecule has 0 saturated carbocycles. The predicted molar refractivity (Wildman–Crippen MR) is 99.6 cm³/mol. The first-order chi connectivity index (χ1) is 12.9. The summed E-state index contributed by atoms with van der Waals surface area (Å²) in [5.74, 6) is -2.21. The van der Waals surface area contributed by atoms with E-state index in [2.05, 4.69) is 10.6 Å². The summed E-state index contributed by atoms with van der Waals surface area (Å²) in [5, 5.41) is 5.22. The maximum atomic E-state index is 12.3. The van der Waals surface area contributed by atoms with Gasteiger partial charge in [0.2, 0.25) is 23.6 Å². The first-order valence-electron chi connectivity index (χ1n) is 9.01. The molecule has 27 heavy (non-hydrogen) atoms. The fraction of sp³-hybridized carbons (Fsp3) is 0.400. The fourth-order valence-electron chi connectivity index (χ4n) is 3.48. The predicted octanol–water partition coefficient (Wildman–Crippen LogP) is 1.31. The van der Waals surface area contributed by atoms with Crippen LogP contribution in [0.15, 0.2) is 30.4 Å². The Labute approximate surface area is 157 Å². The van der Waals surface area contributed by atoms with Crippen LogP contribution in [-0.2, 0) is 19.2 Å². The summed E-state index contributed by atoms with van der Waals surface area (Å²) in [4.78, 5) is 49.9. The molecule has 0 unspecified atom stereocenters. The quantitative estimate of drug-likeness (QED) is 0.604. The molecule has 2 N–H and O–H groups in total. The lowest BCUT2D eigenvalue weighted by molar-refractivity contribution is -0.143. The Bertz CT molecular complexity index is 805. The van der Waals surface area contributed by atoms with E-state index in [1.165, 1.54) is 0 Å². The lowest BCUT2D eigenvalue weighted by atomic mass is 9.85. The van der Waals surface area contributed by atoms with E-state index in [0.717, 1.165) is 16.0 Å². The lowest BCUT2D eigenvalue weighted by Gasteiger charge is -2.15. The summed E-state index contributed by atoms with van der Waals surface area (Å²) in [7, 11) is 0. The number of aryl methyl sites for hydroxylation is 1. The Morgan fingerprint density at radius 1 is 1.04 bits per heavy atom. The van der Waals surface area contributed by atoms with E-state index in [1.54, 1.807) is 6.07 Å². The van der Waals surface area contributed by atoms with Crippen molar-refractivity contribution >= 4 is 29.3 Å². The highest BCUT2D eigenvalue weighted by Gasteiger charge is 2.47. The molecular weight excluding hydrogens is 346 g/mol. The maximum absolute atomic E-state index is 12.3. The van der Waals surface area contributed by atoms with Gasteiger partial charge in [-0.25, -0.2) is 0 Å². The number of nitrogens with zero attached hydrogens (tertiary/aromatic N) is 1. The Kier molecular flexibility index (Phi) is 5.39. The third-order valence-electron chi connectivity index (χ3n) is 5.23. The Balaban J connectivity index is 1.51. The van der Waals surface area contributed by atoms with Crippen LogP contribution < -0.4 is 10.6 Å². The molecule has 1 aromatic rings. The van der Waals surface area contributed by atoms with Crippen LogP contribution >= 0.6 is 0 Å². The largest absolute Gasteiger partial charge is 0.345 e. The highest BCUT2D eigenvalue weighted by Crippen LogP contribution is 2.34. The zero-order valence-corrected chi connectivity index (χ0v) is 15.5. The summed E-state index contributed by atoms with van der Waals surface area (Å²) >= 11 is 0. The van der Waals surface area contributed by atoms with Crippen LogP contribution in [-0.4, -0.2) is 41.6 Å². The van der Waals surface area contributed by atoms with Gasteiger partial charge in [0, 0.05) is 5.69 Å². The van der Waals surface area contributed by atoms with Crippen molar-refractivity contribution < 1.29 is 19.2 Å². The van der Waals surface area contributed by atoms with Crippen LogP contribution in [0.3, 0.4) is 0 Å². The number of carbonyl (C=O) groups is 4. The molecule has 1 saturated heterocycles. The van der Waals surface area contributed by atoms with E-state index in [0.29, 0.717) is 18.5 Å². The molecule has 2 atom stereocenters. The van der Waals surface area contributed by atoms with E-state index < -0.39 is 5.91 Å². The van der Waals surface area contributed by atoms with Crippen LogP contribution in [0.1, 0.15) is 24.0 Å². The molecule has 4 amide bonds. The minimum atomic E-state index is -0.528. The van der Waals surface area contributed by atoms with Gasteiger partial charge in [0.25, 0.3) is 0 Å². The van der Waals surface area contributed by atoms with E-state index in [-0.39, 0.29) is 42.6 Å². The molecule has 1 aromatic carbocycles. The van der Waals surface area contributed by atoms with Gasteiger partial charge < -0.3 is 10.6 Å². The minimum absolute atomic E-state index is 0.225. The minimum Gasteiger partial charge on any atom is -0.345 e. The van der Waals surface area contributed by atoms with E-state index >= 15 is 0 Å². The smallest absolute Gasteiger partial charge is 0.243 e. The van der Waals surface area contributed by atoms with Crippen molar-refractivity contribution in [2.75, 3.05) is 18.4 Å². The summed E-state index contributed by atoms with van der Waals surface area (Å²) in [6, 6.07) is 5.58. The molecule has 1 heterocycles. The zero-order chi connectivity index (χ0) is 19.6. The van der Waals surface area contributed by atoms with Crippen molar-refractivity contribution in [1.82, 2.24) is 10.2 Å². The number of likely N-dealkylation sites (tertiary alicyclic amines) is 1. The van der Waals surface area contributed by atoms with Crippen molar-refractivity contribution in [2.45, 2.75) is 26.7 Å². The molecular formula is C20H23N3O4. The van der Waals surface area contributed by atoms with Crippen molar-refractivity contribution in [3.05, 3.63) is 41.5 Å². The van der Waals surface area contributed by atoms with E-state index in [4.69, 9.17) is 0 Å². The van der Waals surface area contributed by atoms with Gasteiger partial charge in [0.05, 0.1) is 18.4 Å².